The predicted octanol–water partition coefficient (Wildman–Crippen LogP) is 2.12. The molecule has 0 aromatic carbocycles. The number of hydrogen-bond acceptors (Lipinski definition) is 5. The van der Waals surface area contributed by atoms with Crippen LogP contribution in [0.5, 0.6) is 0 Å². The van der Waals surface area contributed by atoms with Crippen LogP contribution in [0.2, 0.25) is 0 Å². The minimum Gasteiger partial charge on any atom is -0.393 e. The molecule has 2 N–H and O–H groups in total. The molecular formula is C15H26N4O. The summed E-state index contributed by atoms with van der Waals surface area (Å²) >= 11 is 0. The Bertz CT molecular complexity index is 461. The van der Waals surface area contributed by atoms with Crippen LogP contribution in [0.1, 0.15) is 38.1 Å². The van der Waals surface area contributed by atoms with Gasteiger partial charge in [-0.1, -0.05) is 6.92 Å². The van der Waals surface area contributed by atoms with Gasteiger partial charge in [0.05, 0.1) is 6.10 Å². The Balaban J connectivity index is 2.21. The van der Waals surface area contributed by atoms with Crippen LogP contribution >= 0.6 is 0 Å². The highest BCUT2D eigenvalue weighted by Crippen LogP contribution is 2.29. The number of hydrogen-bond donors (Lipinski definition) is 2. The number of aryl methyl sites for hydroxylation is 1. The van der Waals surface area contributed by atoms with Crippen molar-refractivity contribution in [3.05, 3.63) is 11.4 Å². The van der Waals surface area contributed by atoms with E-state index in [0.29, 0.717) is 5.92 Å². The van der Waals surface area contributed by atoms with Gasteiger partial charge in [0.2, 0.25) is 0 Å². The number of aliphatic hydroxyl groups is 1. The first-order valence-electron chi connectivity index (χ1n) is 7.55. The Kier molecular flexibility index (Phi) is 4.81. The molecule has 1 aliphatic rings. The van der Waals surface area contributed by atoms with Gasteiger partial charge in [-0.2, -0.15) is 0 Å². The molecule has 0 bridgehead atoms. The number of anilines is 2. The maximum Gasteiger partial charge on any atom is 0.137 e. The molecular weight excluding hydrogens is 252 g/mol. The van der Waals surface area contributed by atoms with Gasteiger partial charge in [0.15, 0.2) is 0 Å². The molecule has 1 saturated heterocycles. The van der Waals surface area contributed by atoms with Crippen molar-refractivity contribution in [3.63, 3.8) is 0 Å². The SMILES string of the molecule is CCCNc1nc(C)nc(N2CCC(C(C)O)C2)c1C. The first kappa shape index (κ1) is 15.0. The number of aromatic nitrogens is 2. The molecule has 2 rings (SSSR count). The molecule has 2 heterocycles. The lowest BCUT2D eigenvalue weighted by Crippen LogP contribution is -2.26. The molecule has 1 aromatic rings. The van der Waals surface area contributed by atoms with E-state index in [1.54, 1.807) is 0 Å². The van der Waals surface area contributed by atoms with E-state index in [4.69, 9.17) is 0 Å². The Morgan fingerprint density at radius 1 is 1.40 bits per heavy atom. The molecule has 0 saturated carbocycles. The van der Waals surface area contributed by atoms with Crippen molar-refractivity contribution in [1.29, 1.82) is 0 Å². The van der Waals surface area contributed by atoms with Crippen molar-refractivity contribution in [1.82, 2.24) is 9.97 Å². The number of aliphatic hydroxyl groups excluding tert-OH is 1. The first-order valence-corrected chi connectivity index (χ1v) is 7.55. The Morgan fingerprint density at radius 3 is 2.75 bits per heavy atom. The highest BCUT2D eigenvalue weighted by Gasteiger charge is 2.28. The van der Waals surface area contributed by atoms with E-state index in [1.807, 2.05) is 13.8 Å². The van der Waals surface area contributed by atoms with Crippen LogP contribution in [0.25, 0.3) is 0 Å². The summed E-state index contributed by atoms with van der Waals surface area (Å²) in [6, 6.07) is 0. The summed E-state index contributed by atoms with van der Waals surface area (Å²) < 4.78 is 0. The van der Waals surface area contributed by atoms with Crippen LogP contribution in [-0.2, 0) is 0 Å². The second-order valence-corrected chi connectivity index (χ2v) is 5.73. The quantitative estimate of drug-likeness (QED) is 0.864. The molecule has 2 unspecified atom stereocenters. The predicted molar refractivity (Wildman–Crippen MR) is 82.3 cm³/mol. The van der Waals surface area contributed by atoms with Crippen molar-refractivity contribution in [3.8, 4) is 0 Å². The average Bonchev–Trinajstić information content (AvgIpc) is 2.89. The van der Waals surface area contributed by atoms with Gasteiger partial charge < -0.3 is 15.3 Å². The van der Waals surface area contributed by atoms with Crippen molar-refractivity contribution in [2.45, 2.75) is 46.6 Å². The largest absolute Gasteiger partial charge is 0.393 e. The summed E-state index contributed by atoms with van der Waals surface area (Å²) in [6.45, 7) is 10.8. The van der Waals surface area contributed by atoms with Crippen LogP contribution < -0.4 is 10.2 Å². The molecule has 112 valence electrons. The molecule has 1 aliphatic heterocycles. The third kappa shape index (κ3) is 3.20. The maximum atomic E-state index is 9.74. The normalized spacial score (nSPS) is 20.2. The smallest absolute Gasteiger partial charge is 0.137 e. The monoisotopic (exact) mass is 278 g/mol. The fourth-order valence-corrected chi connectivity index (χ4v) is 2.71. The van der Waals surface area contributed by atoms with Gasteiger partial charge in [0.1, 0.15) is 17.5 Å². The number of nitrogens with zero attached hydrogens (tertiary/aromatic N) is 3. The van der Waals surface area contributed by atoms with E-state index in [-0.39, 0.29) is 6.10 Å². The summed E-state index contributed by atoms with van der Waals surface area (Å²) in [5.74, 6) is 3.09. The van der Waals surface area contributed by atoms with E-state index >= 15 is 0 Å². The van der Waals surface area contributed by atoms with Gasteiger partial charge >= 0.3 is 0 Å². The van der Waals surface area contributed by atoms with Gasteiger partial charge in [0, 0.05) is 31.1 Å². The van der Waals surface area contributed by atoms with Crippen molar-refractivity contribution < 1.29 is 5.11 Å². The summed E-state index contributed by atoms with van der Waals surface area (Å²) in [7, 11) is 0. The second-order valence-electron chi connectivity index (χ2n) is 5.73. The van der Waals surface area contributed by atoms with Gasteiger partial charge in [-0.3, -0.25) is 0 Å². The van der Waals surface area contributed by atoms with E-state index in [2.05, 4.69) is 34.0 Å². The zero-order valence-electron chi connectivity index (χ0n) is 13.0. The maximum absolute atomic E-state index is 9.74. The summed E-state index contributed by atoms with van der Waals surface area (Å²) in [5.41, 5.74) is 1.11. The lowest BCUT2D eigenvalue weighted by atomic mass is 10.0. The highest BCUT2D eigenvalue weighted by molar-refractivity contribution is 5.59. The first-order chi connectivity index (χ1) is 9.52. The van der Waals surface area contributed by atoms with E-state index in [9.17, 15) is 5.11 Å². The standard InChI is InChI=1S/C15H26N4O/c1-5-7-16-14-10(2)15(18-12(4)17-14)19-8-6-13(9-19)11(3)20/h11,13,20H,5-9H2,1-4H3,(H,16,17,18). The molecule has 0 spiro atoms. The van der Waals surface area contributed by atoms with Crippen LogP contribution in [0, 0.1) is 19.8 Å². The average molecular weight is 278 g/mol. The van der Waals surface area contributed by atoms with Crippen LogP contribution in [0.15, 0.2) is 0 Å². The third-order valence-electron chi connectivity index (χ3n) is 3.98. The second kappa shape index (κ2) is 6.39. The van der Waals surface area contributed by atoms with Crippen molar-refractivity contribution >= 4 is 11.6 Å². The lowest BCUT2D eigenvalue weighted by Gasteiger charge is -2.22. The van der Waals surface area contributed by atoms with Gasteiger partial charge in [-0.15, -0.1) is 0 Å². The molecule has 0 aliphatic carbocycles. The molecule has 5 nitrogen and oxygen atoms in total. The molecule has 20 heavy (non-hydrogen) atoms. The Labute approximate surface area is 121 Å². The number of nitrogens with one attached hydrogen (secondary N) is 1. The van der Waals surface area contributed by atoms with Gasteiger partial charge in [-0.05, 0) is 33.6 Å². The van der Waals surface area contributed by atoms with Gasteiger partial charge in [0.25, 0.3) is 0 Å². The van der Waals surface area contributed by atoms with Crippen LogP contribution in [0.4, 0.5) is 11.6 Å². The molecule has 1 fully saturated rings. The fourth-order valence-electron chi connectivity index (χ4n) is 2.71. The summed E-state index contributed by atoms with van der Waals surface area (Å²) in [5, 5.41) is 13.1. The Morgan fingerprint density at radius 2 is 2.15 bits per heavy atom. The lowest BCUT2D eigenvalue weighted by molar-refractivity contribution is 0.136. The molecule has 0 radical (unpaired) electrons. The molecule has 2 atom stereocenters. The van der Waals surface area contributed by atoms with E-state index in [0.717, 1.165) is 55.5 Å². The van der Waals surface area contributed by atoms with E-state index in [1.165, 1.54) is 0 Å². The van der Waals surface area contributed by atoms with Gasteiger partial charge in [-0.25, -0.2) is 9.97 Å². The van der Waals surface area contributed by atoms with Crippen LogP contribution in [0.3, 0.4) is 0 Å². The number of rotatable bonds is 5. The zero-order chi connectivity index (χ0) is 14.7. The van der Waals surface area contributed by atoms with E-state index < -0.39 is 0 Å². The summed E-state index contributed by atoms with van der Waals surface area (Å²) in [4.78, 5) is 11.4. The topological polar surface area (TPSA) is 61.3 Å². The van der Waals surface area contributed by atoms with Crippen molar-refractivity contribution in [2.75, 3.05) is 29.9 Å². The highest BCUT2D eigenvalue weighted by atomic mass is 16.3. The third-order valence-corrected chi connectivity index (χ3v) is 3.98. The fraction of sp³-hybridized carbons (Fsp3) is 0.733. The minimum absolute atomic E-state index is 0.249. The molecule has 5 heteroatoms. The van der Waals surface area contributed by atoms with Crippen molar-refractivity contribution in [2.24, 2.45) is 5.92 Å². The summed E-state index contributed by atoms with van der Waals surface area (Å²) in [6.07, 6.45) is 1.85. The minimum atomic E-state index is -0.249. The molecule has 0 amide bonds. The zero-order valence-corrected chi connectivity index (χ0v) is 13.0. The molecule has 1 aromatic heterocycles. The Hall–Kier alpha value is -1.36. The van der Waals surface area contributed by atoms with Crippen LogP contribution in [-0.4, -0.2) is 40.8 Å².